The number of carboxylic acid groups (broad SMARTS) is 1. The molecule has 0 saturated heterocycles. The average molecular weight is 205 g/mol. The van der Waals surface area contributed by atoms with Gasteiger partial charge >= 0.3 is 5.97 Å². The zero-order valence-corrected chi connectivity index (χ0v) is 9.36. The van der Waals surface area contributed by atoms with Crippen molar-refractivity contribution in [3.63, 3.8) is 0 Å². The standard InChI is InChI=1S/C9H19NO2S/c1-7(2)6-8(9(11)12)10-4-5-13-3/h7-8,10H,4-6H2,1-3H3,(H,11,12). The summed E-state index contributed by atoms with van der Waals surface area (Å²) in [7, 11) is 0. The van der Waals surface area contributed by atoms with Crippen molar-refractivity contribution in [1.29, 1.82) is 0 Å². The Hall–Kier alpha value is -0.220. The van der Waals surface area contributed by atoms with Crippen LogP contribution in [0.5, 0.6) is 0 Å². The van der Waals surface area contributed by atoms with E-state index in [0.717, 1.165) is 12.3 Å². The van der Waals surface area contributed by atoms with Gasteiger partial charge in [0.1, 0.15) is 6.04 Å². The molecule has 0 fully saturated rings. The number of nitrogens with one attached hydrogen (secondary N) is 1. The molecule has 2 N–H and O–H groups in total. The molecule has 0 aliphatic rings. The first-order valence-corrected chi connectivity index (χ1v) is 5.92. The molecule has 0 aromatic carbocycles. The van der Waals surface area contributed by atoms with E-state index in [0.29, 0.717) is 12.3 Å². The molecule has 0 rings (SSSR count). The van der Waals surface area contributed by atoms with Crippen LogP contribution in [-0.2, 0) is 4.79 Å². The Kier molecular flexibility index (Phi) is 7.09. The molecular weight excluding hydrogens is 186 g/mol. The lowest BCUT2D eigenvalue weighted by Crippen LogP contribution is -2.38. The average Bonchev–Trinajstić information content (AvgIpc) is 2.02. The molecule has 0 aliphatic carbocycles. The molecule has 0 heterocycles. The summed E-state index contributed by atoms with van der Waals surface area (Å²) in [6.45, 7) is 4.84. The molecule has 0 aromatic heterocycles. The van der Waals surface area contributed by atoms with E-state index in [-0.39, 0.29) is 6.04 Å². The van der Waals surface area contributed by atoms with Crippen LogP contribution in [0.4, 0.5) is 0 Å². The Balaban J connectivity index is 3.74. The fourth-order valence-corrected chi connectivity index (χ4v) is 1.40. The normalized spacial score (nSPS) is 13.2. The summed E-state index contributed by atoms with van der Waals surface area (Å²) >= 11 is 1.72. The number of hydrogen-bond acceptors (Lipinski definition) is 3. The number of thioether (sulfide) groups is 1. The molecule has 78 valence electrons. The summed E-state index contributed by atoms with van der Waals surface area (Å²) in [4.78, 5) is 10.8. The number of aliphatic carboxylic acids is 1. The predicted molar refractivity (Wildman–Crippen MR) is 57.3 cm³/mol. The van der Waals surface area contributed by atoms with Gasteiger partial charge in [-0.2, -0.15) is 11.8 Å². The summed E-state index contributed by atoms with van der Waals surface area (Å²) in [5.74, 6) is 0.639. The molecule has 0 bridgehead atoms. The molecule has 0 saturated carbocycles. The number of carboxylic acids is 1. The van der Waals surface area contributed by atoms with Gasteiger partial charge in [-0.1, -0.05) is 13.8 Å². The van der Waals surface area contributed by atoms with Gasteiger partial charge in [-0.15, -0.1) is 0 Å². The van der Waals surface area contributed by atoms with Crippen LogP contribution < -0.4 is 5.32 Å². The van der Waals surface area contributed by atoms with Crippen molar-refractivity contribution in [1.82, 2.24) is 5.32 Å². The van der Waals surface area contributed by atoms with Crippen molar-refractivity contribution in [2.45, 2.75) is 26.3 Å². The van der Waals surface area contributed by atoms with Crippen LogP contribution in [0.2, 0.25) is 0 Å². The van der Waals surface area contributed by atoms with Crippen molar-refractivity contribution < 1.29 is 9.90 Å². The minimum Gasteiger partial charge on any atom is -0.480 e. The summed E-state index contributed by atoms with van der Waals surface area (Å²) in [6.07, 6.45) is 2.71. The number of hydrogen-bond donors (Lipinski definition) is 2. The smallest absolute Gasteiger partial charge is 0.320 e. The lowest BCUT2D eigenvalue weighted by atomic mass is 10.0. The molecule has 0 aromatic rings. The van der Waals surface area contributed by atoms with Gasteiger partial charge in [-0.25, -0.2) is 0 Å². The third-order valence-electron chi connectivity index (χ3n) is 1.70. The first-order chi connectivity index (χ1) is 6.07. The quantitative estimate of drug-likeness (QED) is 0.617. The summed E-state index contributed by atoms with van der Waals surface area (Å²) in [5.41, 5.74) is 0. The van der Waals surface area contributed by atoms with E-state index in [9.17, 15) is 4.79 Å². The highest BCUT2D eigenvalue weighted by atomic mass is 32.2. The van der Waals surface area contributed by atoms with E-state index >= 15 is 0 Å². The van der Waals surface area contributed by atoms with E-state index in [1.807, 2.05) is 20.1 Å². The molecule has 0 spiro atoms. The van der Waals surface area contributed by atoms with Gasteiger partial charge in [0, 0.05) is 12.3 Å². The predicted octanol–water partition coefficient (Wildman–Crippen LogP) is 1.44. The third kappa shape index (κ3) is 6.90. The van der Waals surface area contributed by atoms with Crippen molar-refractivity contribution >= 4 is 17.7 Å². The van der Waals surface area contributed by atoms with Gasteiger partial charge in [0.2, 0.25) is 0 Å². The summed E-state index contributed by atoms with van der Waals surface area (Å²) in [5, 5.41) is 11.9. The van der Waals surface area contributed by atoms with Crippen molar-refractivity contribution in [3.8, 4) is 0 Å². The van der Waals surface area contributed by atoms with Gasteiger partial charge in [0.05, 0.1) is 0 Å². The maximum absolute atomic E-state index is 10.8. The first-order valence-electron chi connectivity index (χ1n) is 4.53. The zero-order valence-electron chi connectivity index (χ0n) is 8.54. The molecule has 1 unspecified atom stereocenters. The molecule has 0 amide bonds. The molecule has 0 aliphatic heterocycles. The topological polar surface area (TPSA) is 49.3 Å². The monoisotopic (exact) mass is 205 g/mol. The highest BCUT2D eigenvalue weighted by molar-refractivity contribution is 7.98. The highest BCUT2D eigenvalue weighted by Crippen LogP contribution is 2.04. The zero-order chi connectivity index (χ0) is 10.3. The van der Waals surface area contributed by atoms with Crippen molar-refractivity contribution in [2.24, 2.45) is 5.92 Å². The molecule has 0 radical (unpaired) electrons. The van der Waals surface area contributed by atoms with E-state index in [4.69, 9.17) is 5.11 Å². The van der Waals surface area contributed by atoms with Gasteiger partial charge in [-0.05, 0) is 18.6 Å². The lowest BCUT2D eigenvalue weighted by molar-refractivity contribution is -0.139. The minimum atomic E-state index is -0.741. The second kappa shape index (κ2) is 7.21. The fraction of sp³-hybridized carbons (Fsp3) is 0.889. The van der Waals surface area contributed by atoms with Crippen LogP contribution in [-0.4, -0.2) is 35.7 Å². The Morgan fingerprint density at radius 2 is 2.15 bits per heavy atom. The van der Waals surface area contributed by atoms with Crippen LogP contribution in [0.1, 0.15) is 20.3 Å². The second-order valence-corrected chi connectivity index (χ2v) is 4.45. The van der Waals surface area contributed by atoms with Gasteiger partial charge in [0.25, 0.3) is 0 Å². The van der Waals surface area contributed by atoms with E-state index in [1.165, 1.54) is 0 Å². The maximum Gasteiger partial charge on any atom is 0.320 e. The van der Waals surface area contributed by atoms with Crippen molar-refractivity contribution in [3.05, 3.63) is 0 Å². The molecule has 3 nitrogen and oxygen atoms in total. The van der Waals surface area contributed by atoms with E-state index in [1.54, 1.807) is 11.8 Å². The fourth-order valence-electron chi connectivity index (χ4n) is 1.08. The number of carbonyl (C=O) groups is 1. The van der Waals surface area contributed by atoms with E-state index < -0.39 is 5.97 Å². The van der Waals surface area contributed by atoms with E-state index in [2.05, 4.69) is 5.32 Å². The molecule has 13 heavy (non-hydrogen) atoms. The number of rotatable bonds is 7. The Bertz CT molecular complexity index is 151. The maximum atomic E-state index is 10.8. The van der Waals surface area contributed by atoms with Gasteiger partial charge in [-0.3, -0.25) is 4.79 Å². The van der Waals surface area contributed by atoms with Gasteiger partial charge in [0.15, 0.2) is 0 Å². The van der Waals surface area contributed by atoms with Crippen LogP contribution >= 0.6 is 11.8 Å². The first kappa shape index (κ1) is 12.8. The Labute approximate surface area is 84.3 Å². The Morgan fingerprint density at radius 1 is 1.54 bits per heavy atom. The SMILES string of the molecule is CSCCNC(CC(C)C)C(=O)O. The lowest BCUT2D eigenvalue weighted by Gasteiger charge is -2.15. The molecule has 1 atom stereocenters. The summed E-state index contributed by atoms with van der Waals surface area (Å²) in [6, 6.07) is -0.382. The molecule has 4 heteroatoms. The van der Waals surface area contributed by atoms with Crippen LogP contribution in [0.3, 0.4) is 0 Å². The van der Waals surface area contributed by atoms with Crippen LogP contribution in [0, 0.1) is 5.92 Å². The van der Waals surface area contributed by atoms with Gasteiger partial charge < -0.3 is 10.4 Å². The highest BCUT2D eigenvalue weighted by Gasteiger charge is 2.17. The van der Waals surface area contributed by atoms with Crippen molar-refractivity contribution in [2.75, 3.05) is 18.6 Å². The second-order valence-electron chi connectivity index (χ2n) is 3.47. The third-order valence-corrected chi connectivity index (χ3v) is 2.31. The largest absolute Gasteiger partial charge is 0.480 e. The molecular formula is C9H19NO2S. The Morgan fingerprint density at radius 3 is 2.54 bits per heavy atom. The van der Waals surface area contributed by atoms with Crippen LogP contribution in [0.15, 0.2) is 0 Å². The van der Waals surface area contributed by atoms with Crippen LogP contribution in [0.25, 0.3) is 0 Å². The minimum absolute atomic E-state index is 0.382. The summed E-state index contributed by atoms with van der Waals surface area (Å²) < 4.78 is 0.